The van der Waals surface area contributed by atoms with Gasteiger partial charge in [-0.3, -0.25) is 4.79 Å². The number of ether oxygens (including phenoxy) is 3. The van der Waals surface area contributed by atoms with Gasteiger partial charge >= 0.3 is 0 Å². The van der Waals surface area contributed by atoms with Gasteiger partial charge in [0.1, 0.15) is 30.5 Å². The van der Waals surface area contributed by atoms with Crippen molar-refractivity contribution in [2.75, 3.05) is 18.5 Å². The van der Waals surface area contributed by atoms with Gasteiger partial charge in [0, 0.05) is 5.69 Å². The molecule has 0 saturated heterocycles. The van der Waals surface area contributed by atoms with Crippen molar-refractivity contribution >= 4 is 11.6 Å². The maximum Gasteiger partial charge on any atom is 0.265 e. The van der Waals surface area contributed by atoms with Crippen LogP contribution in [0.2, 0.25) is 0 Å². The van der Waals surface area contributed by atoms with Crippen LogP contribution < -0.4 is 19.5 Å². The van der Waals surface area contributed by atoms with E-state index in [1.807, 2.05) is 66.7 Å². The minimum atomic E-state index is -0.608. The molecular weight excluding hydrogens is 378 g/mol. The summed E-state index contributed by atoms with van der Waals surface area (Å²) in [6.45, 7) is 4.72. The maximum absolute atomic E-state index is 12.4. The fourth-order valence-corrected chi connectivity index (χ4v) is 2.78. The summed E-state index contributed by atoms with van der Waals surface area (Å²) in [5, 5.41) is 2.86. The van der Waals surface area contributed by atoms with E-state index >= 15 is 0 Å². The van der Waals surface area contributed by atoms with Crippen molar-refractivity contribution in [3.8, 4) is 17.2 Å². The number of para-hydroxylation sites is 1. The third-order valence-corrected chi connectivity index (χ3v) is 4.50. The highest BCUT2D eigenvalue weighted by Gasteiger charge is 2.15. The molecule has 1 amide bonds. The van der Waals surface area contributed by atoms with E-state index in [4.69, 9.17) is 14.2 Å². The third-order valence-electron chi connectivity index (χ3n) is 4.50. The summed E-state index contributed by atoms with van der Waals surface area (Å²) in [4.78, 5) is 12.4. The molecule has 0 aliphatic carbocycles. The summed E-state index contributed by atoms with van der Waals surface area (Å²) in [6.07, 6.45) is 0.360. The predicted octanol–water partition coefficient (Wildman–Crippen LogP) is 5.11. The summed E-state index contributed by atoms with van der Waals surface area (Å²) in [5.41, 5.74) is 1.91. The topological polar surface area (TPSA) is 56.8 Å². The second-order valence-corrected chi connectivity index (χ2v) is 6.78. The highest BCUT2D eigenvalue weighted by atomic mass is 16.5. The van der Waals surface area contributed by atoms with Crippen LogP contribution in [0.25, 0.3) is 0 Å². The average molecular weight is 405 g/mol. The average Bonchev–Trinajstić information content (AvgIpc) is 2.79. The van der Waals surface area contributed by atoms with Gasteiger partial charge < -0.3 is 19.5 Å². The Hall–Kier alpha value is -3.47. The van der Waals surface area contributed by atoms with Crippen molar-refractivity contribution in [2.45, 2.75) is 26.4 Å². The Balaban J connectivity index is 1.41. The van der Waals surface area contributed by atoms with E-state index in [2.05, 4.69) is 12.2 Å². The minimum absolute atomic E-state index is 0.209. The first kappa shape index (κ1) is 21.2. The van der Waals surface area contributed by atoms with Gasteiger partial charge in [-0.25, -0.2) is 0 Å². The van der Waals surface area contributed by atoms with Crippen molar-refractivity contribution in [2.24, 2.45) is 0 Å². The lowest BCUT2D eigenvalue weighted by atomic mass is 10.2. The molecule has 5 nitrogen and oxygen atoms in total. The van der Waals surface area contributed by atoms with Gasteiger partial charge in [-0.05, 0) is 67.4 Å². The molecule has 0 aromatic heterocycles. The number of hydrogen-bond donors (Lipinski definition) is 1. The molecule has 30 heavy (non-hydrogen) atoms. The van der Waals surface area contributed by atoms with Gasteiger partial charge in [-0.1, -0.05) is 37.3 Å². The monoisotopic (exact) mass is 405 g/mol. The van der Waals surface area contributed by atoms with Crippen LogP contribution >= 0.6 is 0 Å². The second-order valence-electron chi connectivity index (χ2n) is 6.78. The smallest absolute Gasteiger partial charge is 0.265 e. The van der Waals surface area contributed by atoms with E-state index in [9.17, 15) is 4.79 Å². The molecule has 3 aromatic carbocycles. The molecule has 3 aromatic rings. The lowest BCUT2D eigenvalue weighted by Gasteiger charge is -2.15. The Labute approximate surface area is 177 Å². The fourth-order valence-electron chi connectivity index (χ4n) is 2.78. The van der Waals surface area contributed by atoms with Crippen LogP contribution in [0, 0.1) is 0 Å². The summed E-state index contributed by atoms with van der Waals surface area (Å²) in [7, 11) is 0. The van der Waals surface area contributed by atoms with Crippen molar-refractivity contribution in [3.05, 3.63) is 84.4 Å². The van der Waals surface area contributed by atoms with Crippen LogP contribution in [0.1, 0.15) is 19.4 Å². The van der Waals surface area contributed by atoms with Crippen LogP contribution in [0.4, 0.5) is 5.69 Å². The molecule has 0 bridgehead atoms. The van der Waals surface area contributed by atoms with Crippen molar-refractivity contribution < 1.29 is 19.0 Å². The zero-order valence-corrected chi connectivity index (χ0v) is 17.3. The van der Waals surface area contributed by atoms with Gasteiger partial charge in [-0.2, -0.15) is 0 Å². The third kappa shape index (κ3) is 6.55. The van der Waals surface area contributed by atoms with Crippen LogP contribution in [-0.2, 0) is 11.2 Å². The lowest BCUT2D eigenvalue weighted by Crippen LogP contribution is -2.30. The molecule has 0 radical (unpaired) electrons. The van der Waals surface area contributed by atoms with Crippen LogP contribution in [0.5, 0.6) is 17.2 Å². The van der Waals surface area contributed by atoms with Crippen molar-refractivity contribution in [1.82, 2.24) is 0 Å². The zero-order valence-electron chi connectivity index (χ0n) is 17.3. The number of anilines is 1. The molecule has 156 valence electrons. The molecular formula is C25H27NO4. The van der Waals surface area contributed by atoms with Gasteiger partial charge in [0.15, 0.2) is 6.10 Å². The second kappa shape index (κ2) is 10.9. The Morgan fingerprint density at radius 3 is 1.97 bits per heavy atom. The van der Waals surface area contributed by atoms with Crippen molar-refractivity contribution in [1.29, 1.82) is 0 Å². The van der Waals surface area contributed by atoms with E-state index in [0.717, 1.165) is 12.2 Å². The summed E-state index contributed by atoms with van der Waals surface area (Å²) < 4.78 is 17.0. The van der Waals surface area contributed by atoms with Gasteiger partial charge in [0.05, 0.1) is 0 Å². The molecule has 0 aliphatic rings. The van der Waals surface area contributed by atoms with E-state index in [-0.39, 0.29) is 5.91 Å². The number of aryl methyl sites for hydroxylation is 1. The largest absolute Gasteiger partial charge is 0.490 e. The zero-order chi connectivity index (χ0) is 21.2. The molecule has 0 saturated carbocycles. The molecule has 0 heterocycles. The standard InChI is InChI=1S/C25H27NO4/c1-3-20-9-13-24(14-10-20)30-19(2)25(27)26-21-11-15-23(16-12-21)29-18-17-28-22-7-5-4-6-8-22/h4-16,19H,3,17-18H2,1-2H3,(H,26,27)/t19-/m0/s1. The van der Waals surface area contributed by atoms with Crippen LogP contribution in [0.15, 0.2) is 78.9 Å². The Kier molecular flexibility index (Phi) is 7.72. The number of benzene rings is 3. The first-order valence-electron chi connectivity index (χ1n) is 10.1. The minimum Gasteiger partial charge on any atom is -0.490 e. The first-order valence-corrected chi connectivity index (χ1v) is 10.1. The van der Waals surface area contributed by atoms with E-state index in [1.165, 1.54) is 5.56 Å². The highest BCUT2D eigenvalue weighted by Crippen LogP contribution is 2.18. The number of carbonyl (C=O) groups excluding carboxylic acids is 1. The molecule has 0 fully saturated rings. The first-order chi connectivity index (χ1) is 14.6. The number of carbonyl (C=O) groups is 1. The molecule has 5 heteroatoms. The Morgan fingerprint density at radius 1 is 0.800 bits per heavy atom. The van der Waals surface area contributed by atoms with E-state index < -0.39 is 6.10 Å². The summed E-state index contributed by atoms with van der Waals surface area (Å²) >= 11 is 0. The quantitative estimate of drug-likeness (QED) is 0.476. The lowest BCUT2D eigenvalue weighted by molar-refractivity contribution is -0.122. The summed E-state index contributed by atoms with van der Waals surface area (Å²) in [6, 6.07) is 24.6. The Morgan fingerprint density at radius 2 is 1.37 bits per heavy atom. The highest BCUT2D eigenvalue weighted by molar-refractivity contribution is 5.94. The van der Waals surface area contributed by atoms with Crippen molar-refractivity contribution in [3.63, 3.8) is 0 Å². The summed E-state index contributed by atoms with van der Waals surface area (Å²) in [5.74, 6) is 2.00. The predicted molar refractivity (Wildman–Crippen MR) is 118 cm³/mol. The van der Waals surface area contributed by atoms with Gasteiger partial charge in [0.2, 0.25) is 0 Å². The molecule has 1 N–H and O–H groups in total. The Bertz CT molecular complexity index is 908. The van der Waals surface area contributed by atoms with E-state index in [1.54, 1.807) is 19.1 Å². The van der Waals surface area contributed by atoms with Gasteiger partial charge in [0.25, 0.3) is 5.91 Å². The number of hydrogen-bond acceptors (Lipinski definition) is 4. The van der Waals surface area contributed by atoms with E-state index in [0.29, 0.717) is 30.4 Å². The molecule has 0 spiro atoms. The van der Waals surface area contributed by atoms with Crippen LogP contribution in [0.3, 0.4) is 0 Å². The van der Waals surface area contributed by atoms with Crippen LogP contribution in [-0.4, -0.2) is 25.2 Å². The maximum atomic E-state index is 12.4. The fraction of sp³-hybridized carbons (Fsp3) is 0.240. The normalized spacial score (nSPS) is 11.4. The molecule has 0 unspecified atom stereocenters. The van der Waals surface area contributed by atoms with Gasteiger partial charge in [-0.15, -0.1) is 0 Å². The molecule has 3 rings (SSSR count). The number of amides is 1. The SMILES string of the molecule is CCc1ccc(O[C@@H](C)C(=O)Nc2ccc(OCCOc3ccccc3)cc2)cc1. The molecule has 1 atom stereocenters. The number of nitrogens with one attached hydrogen (secondary N) is 1. The molecule has 0 aliphatic heterocycles. The number of rotatable bonds is 10.